The van der Waals surface area contributed by atoms with Crippen LogP contribution in [0.3, 0.4) is 0 Å². The van der Waals surface area contributed by atoms with Crippen molar-refractivity contribution in [2.24, 2.45) is 0 Å². The molecule has 0 N–H and O–H groups in total. The average Bonchev–Trinajstić information content (AvgIpc) is 3.50. The summed E-state index contributed by atoms with van der Waals surface area (Å²) in [4.78, 5) is 0. The van der Waals surface area contributed by atoms with Crippen molar-refractivity contribution >= 4 is 43.1 Å². The fraction of sp³-hybridized carbons (Fsp3) is 0.0545. The van der Waals surface area contributed by atoms with E-state index in [1.807, 2.05) is 0 Å². The van der Waals surface area contributed by atoms with E-state index in [-0.39, 0.29) is 5.41 Å². The molecule has 0 aliphatic heterocycles. The van der Waals surface area contributed by atoms with Gasteiger partial charge in [0.05, 0.1) is 0 Å². The Balaban J connectivity index is 1.15. The molecule has 0 amide bonds. The van der Waals surface area contributed by atoms with Crippen LogP contribution in [0.5, 0.6) is 0 Å². The summed E-state index contributed by atoms with van der Waals surface area (Å²) in [6, 6.07) is 71.9. The first-order valence-corrected chi connectivity index (χ1v) is 19.4. The summed E-state index contributed by atoms with van der Waals surface area (Å²) in [5, 5.41) is 10.4. The molecule has 1 aliphatic carbocycles. The maximum absolute atomic E-state index is 2.44. The van der Waals surface area contributed by atoms with E-state index in [2.05, 4.69) is 208 Å². The smallest absolute Gasteiger partial charge is 0.0171 e. The number of hydrogen-bond donors (Lipinski definition) is 0. The average molecular weight is 699 g/mol. The molecular formula is C55H38. The predicted molar refractivity (Wildman–Crippen MR) is 236 cm³/mol. The molecule has 10 aromatic rings. The summed E-state index contributed by atoms with van der Waals surface area (Å²) in [6.45, 7) is 4.86. The Morgan fingerprint density at radius 1 is 0.255 bits per heavy atom. The lowest BCUT2D eigenvalue weighted by Gasteiger charge is -2.26. The SMILES string of the molecule is CC1(C)c2c(-c3cccc(-c4c5ccccc5c(-c5ccccc5-c5ccccc5)c5ccccc45)c3)cccc2-c2c1c1ccccc1c1ccccc21. The Labute approximate surface area is 322 Å². The van der Waals surface area contributed by atoms with Gasteiger partial charge in [-0.15, -0.1) is 0 Å². The van der Waals surface area contributed by atoms with Crippen molar-refractivity contribution in [3.05, 3.63) is 205 Å². The van der Waals surface area contributed by atoms with E-state index in [1.54, 1.807) is 0 Å². The molecule has 0 unspecified atom stereocenters. The maximum Gasteiger partial charge on any atom is 0.0171 e. The van der Waals surface area contributed by atoms with Crippen molar-refractivity contribution in [3.63, 3.8) is 0 Å². The van der Waals surface area contributed by atoms with E-state index in [0.29, 0.717) is 0 Å². The van der Waals surface area contributed by atoms with Crippen molar-refractivity contribution in [2.45, 2.75) is 19.3 Å². The summed E-state index contributed by atoms with van der Waals surface area (Å²) < 4.78 is 0. The normalized spacial score (nSPS) is 13.1. The fourth-order valence-corrected chi connectivity index (χ4v) is 10.0. The molecule has 1 aliphatic rings. The minimum atomic E-state index is -0.200. The number of hydrogen-bond acceptors (Lipinski definition) is 0. The zero-order valence-electron chi connectivity index (χ0n) is 31.0. The third-order valence-corrected chi connectivity index (χ3v) is 12.2. The molecule has 55 heavy (non-hydrogen) atoms. The van der Waals surface area contributed by atoms with Crippen LogP contribution in [0.15, 0.2) is 194 Å². The van der Waals surface area contributed by atoms with E-state index >= 15 is 0 Å². The first-order chi connectivity index (χ1) is 27.1. The highest BCUT2D eigenvalue weighted by Gasteiger charge is 2.40. The highest BCUT2D eigenvalue weighted by Crippen LogP contribution is 2.57. The van der Waals surface area contributed by atoms with Gasteiger partial charge in [-0.2, -0.15) is 0 Å². The zero-order valence-corrected chi connectivity index (χ0v) is 31.0. The van der Waals surface area contributed by atoms with Crippen molar-refractivity contribution in [2.75, 3.05) is 0 Å². The fourth-order valence-electron chi connectivity index (χ4n) is 10.0. The first kappa shape index (κ1) is 31.7. The van der Waals surface area contributed by atoms with Crippen LogP contribution in [-0.4, -0.2) is 0 Å². The number of fused-ring (bicyclic) bond motifs is 10. The van der Waals surface area contributed by atoms with E-state index in [4.69, 9.17) is 0 Å². The lowest BCUT2D eigenvalue weighted by atomic mass is 9.76. The molecule has 0 nitrogen and oxygen atoms in total. The number of benzene rings is 10. The minimum absolute atomic E-state index is 0.200. The van der Waals surface area contributed by atoms with E-state index in [0.717, 1.165) is 0 Å². The van der Waals surface area contributed by atoms with E-state index in [1.165, 1.54) is 110 Å². The van der Waals surface area contributed by atoms with Crippen molar-refractivity contribution in [1.29, 1.82) is 0 Å². The molecule has 11 rings (SSSR count). The van der Waals surface area contributed by atoms with Gasteiger partial charge in [0.25, 0.3) is 0 Å². The molecule has 0 bridgehead atoms. The Bertz CT molecular complexity index is 3100. The first-order valence-electron chi connectivity index (χ1n) is 19.4. The van der Waals surface area contributed by atoms with E-state index in [9.17, 15) is 0 Å². The molecule has 0 aromatic heterocycles. The van der Waals surface area contributed by atoms with Crippen molar-refractivity contribution < 1.29 is 0 Å². The van der Waals surface area contributed by atoms with Gasteiger partial charge in [0.15, 0.2) is 0 Å². The summed E-state index contributed by atoms with van der Waals surface area (Å²) in [7, 11) is 0. The van der Waals surface area contributed by atoms with Crippen LogP contribution in [0.25, 0.3) is 98.7 Å². The largest absolute Gasteiger partial charge is 0.0622 e. The highest BCUT2D eigenvalue weighted by molar-refractivity contribution is 6.23. The van der Waals surface area contributed by atoms with Gasteiger partial charge in [-0.25, -0.2) is 0 Å². The van der Waals surface area contributed by atoms with E-state index < -0.39 is 0 Å². The number of rotatable bonds is 4. The van der Waals surface area contributed by atoms with Crippen LogP contribution < -0.4 is 0 Å². The zero-order chi connectivity index (χ0) is 36.7. The molecular weight excluding hydrogens is 661 g/mol. The second-order valence-corrected chi connectivity index (χ2v) is 15.5. The van der Waals surface area contributed by atoms with Crippen molar-refractivity contribution in [3.8, 4) is 55.6 Å². The van der Waals surface area contributed by atoms with Gasteiger partial charge in [0.1, 0.15) is 0 Å². The Morgan fingerprint density at radius 3 is 1.33 bits per heavy atom. The lowest BCUT2D eigenvalue weighted by Crippen LogP contribution is -2.17. The third kappa shape index (κ3) is 4.65. The lowest BCUT2D eigenvalue weighted by molar-refractivity contribution is 0.668. The summed E-state index contributed by atoms with van der Waals surface area (Å²) in [5.41, 5.74) is 15.4. The summed E-state index contributed by atoms with van der Waals surface area (Å²) >= 11 is 0. The molecule has 0 radical (unpaired) electrons. The molecule has 0 heteroatoms. The Morgan fingerprint density at radius 2 is 0.673 bits per heavy atom. The Hall–Kier alpha value is -6.76. The molecule has 0 atom stereocenters. The van der Waals surface area contributed by atoms with Gasteiger partial charge in [0.2, 0.25) is 0 Å². The molecule has 0 saturated carbocycles. The van der Waals surface area contributed by atoms with Crippen LogP contribution in [0.1, 0.15) is 25.0 Å². The van der Waals surface area contributed by atoms with Crippen LogP contribution in [-0.2, 0) is 5.41 Å². The molecule has 0 fully saturated rings. The summed E-state index contributed by atoms with van der Waals surface area (Å²) in [5.74, 6) is 0. The van der Waals surface area contributed by atoms with Crippen LogP contribution >= 0.6 is 0 Å². The monoisotopic (exact) mass is 698 g/mol. The highest BCUT2D eigenvalue weighted by atomic mass is 14.4. The molecule has 0 saturated heterocycles. The van der Waals surface area contributed by atoms with Gasteiger partial charge in [-0.3, -0.25) is 0 Å². The quantitative estimate of drug-likeness (QED) is 0.127. The molecule has 258 valence electrons. The van der Waals surface area contributed by atoms with Gasteiger partial charge in [0, 0.05) is 5.41 Å². The Kier molecular flexibility index (Phi) is 7.00. The van der Waals surface area contributed by atoms with Crippen LogP contribution in [0.4, 0.5) is 0 Å². The standard InChI is InChI=1S/C55H38/c1-55(2)53-39(32-17-33-49(53)52-43-26-10-7-23-40(43)41-24-8-15-31-48(41)54(52)55)36-20-16-21-37(34-36)50-44-27-11-13-29-46(44)51(47-30-14-12-28-45(47)50)42-25-9-6-22-38(42)35-18-4-3-5-19-35/h3-34H,1-2H3. The molecule has 10 aromatic carbocycles. The molecule has 0 heterocycles. The second kappa shape index (κ2) is 12.1. The van der Waals surface area contributed by atoms with Gasteiger partial charge in [-0.05, 0) is 116 Å². The second-order valence-electron chi connectivity index (χ2n) is 15.5. The van der Waals surface area contributed by atoms with Crippen LogP contribution in [0, 0.1) is 0 Å². The third-order valence-electron chi connectivity index (χ3n) is 12.2. The van der Waals surface area contributed by atoms with Gasteiger partial charge < -0.3 is 0 Å². The van der Waals surface area contributed by atoms with Crippen molar-refractivity contribution in [1.82, 2.24) is 0 Å². The predicted octanol–water partition coefficient (Wildman–Crippen LogP) is 15.3. The summed E-state index contributed by atoms with van der Waals surface area (Å²) in [6.07, 6.45) is 0. The molecule has 0 spiro atoms. The van der Waals surface area contributed by atoms with Crippen LogP contribution in [0.2, 0.25) is 0 Å². The minimum Gasteiger partial charge on any atom is -0.0622 e. The maximum atomic E-state index is 2.44. The van der Waals surface area contributed by atoms with Gasteiger partial charge >= 0.3 is 0 Å². The van der Waals surface area contributed by atoms with Gasteiger partial charge in [-0.1, -0.05) is 202 Å². The topological polar surface area (TPSA) is 0 Å².